The van der Waals surface area contributed by atoms with E-state index in [-0.39, 0.29) is 18.3 Å². The lowest BCUT2D eigenvalue weighted by atomic mass is 10.2. The maximum absolute atomic E-state index is 12.8. The summed E-state index contributed by atoms with van der Waals surface area (Å²) in [6.07, 6.45) is 1.58. The summed E-state index contributed by atoms with van der Waals surface area (Å²) in [4.78, 5) is 29.7. The first kappa shape index (κ1) is 19.4. The van der Waals surface area contributed by atoms with E-state index in [1.165, 1.54) is 4.40 Å². The quantitative estimate of drug-likeness (QED) is 0.463. The fourth-order valence-corrected chi connectivity index (χ4v) is 3.32. The number of carbonyl (C=O) groups is 1. The lowest BCUT2D eigenvalue weighted by Crippen LogP contribution is -2.28. The average Bonchev–Trinajstić information content (AvgIpc) is 3.42. The van der Waals surface area contributed by atoms with Crippen LogP contribution in [0.25, 0.3) is 28.5 Å². The van der Waals surface area contributed by atoms with Crippen LogP contribution >= 0.6 is 0 Å². The molecule has 0 aliphatic heterocycles. The number of hydrogen-bond donors (Lipinski definition) is 1. The standard InChI is InChI=1S/C23H18N6O3/c1-15-9-11-17(12-10-15)24-19(30)14-29-23(31)28-13-5-8-18(21(28)26-29)22-25-20(27-32-22)16-6-3-2-4-7-16/h2-13H,14H2,1H3,(H,24,30). The topological polar surface area (TPSA) is 107 Å². The summed E-state index contributed by atoms with van der Waals surface area (Å²) in [5.41, 5.74) is 2.93. The summed E-state index contributed by atoms with van der Waals surface area (Å²) in [7, 11) is 0. The van der Waals surface area contributed by atoms with Crippen molar-refractivity contribution in [1.29, 1.82) is 0 Å². The minimum absolute atomic E-state index is 0.229. The predicted molar refractivity (Wildman–Crippen MR) is 118 cm³/mol. The summed E-state index contributed by atoms with van der Waals surface area (Å²) in [6, 6.07) is 20.2. The number of aryl methyl sites for hydroxylation is 1. The number of nitrogens with zero attached hydrogens (tertiary/aromatic N) is 5. The van der Waals surface area contributed by atoms with E-state index >= 15 is 0 Å². The number of fused-ring (bicyclic) bond motifs is 1. The van der Waals surface area contributed by atoms with Gasteiger partial charge in [0, 0.05) is 17.4 Å². The Hall–Kier alpha value is -4.53. The number of nitrogens with one attached hydrogen (secondary N) is 1. The Morgan fingerprint density at radius 1 is 1.03 bits per heavy atom. The van der Waals surface area contributed by atoms with E-state index < -0.39 is 5.69 Å². The molecule has 3 aromatic heterocycles. The van der Waals surface area contributed by atoms with Gasteiger partial charge < -0.3 is 9.84 Å². The number of pyridine rings is 1. The van der Waals surface area contributed by atoms with Crippen molar-refractivity contribution < 1.29 is 9.32 Å². The molecular weight excluding hydrogens is 408 g/mol. The lowest BCUT2D eigenvalue weighted by Gasteiger charge is -2.04. The van der Waals surface area contributed by atoms with Gasteiger partial charge in [-0.2, -0.15) is 4.98 Å². The van der Waals surface area contributed by atoms with Crippen molar-refractivity contribution in [2.45, 2.75) is 13.5 Å². The molecule has 0 aliphatic rings. The van der Waals surface area contributed by atoms with Gasteiger partial charge >= 0.3 is 5.69 Å². The van der Waals surface area contributed by atoms with Gasteiger partial charge in [0.1, 0.15) is 6.54 Å². The summed E-state index contributed by atoms with van der Waals surface area (Å²) < 4.78 is 7.88. The molecule has 0 radical (unpaired) electrons. The van der Waals surface area contributed by atoms with Gasteiger partial charge in [0.2, 0.25) is 11.7 Å². The molecule has 1 N–H and O–H groups in total. The number of aromatic nitrogens is 5. The zero-order valence-electron chi connectivity index (χ0n) is 17.1. The molecule has 5 aromatic rings. The Bertz CT molecular complexity index is 1470. The molecule has 32 heavy (non-hydrogen) atoms. The fraction of sp³-hybridized carbons (Fsp3) is 0.0870. The van der Waals surface area contributed by atoms with Crippen molar-refractivity contribution in [1.82, 2.24) is 24.3 Å². The molecule has 3 heterocycles. The van der Waals surface area contributed by atoms with E-state index in [1.807, 2.05) is 49.4 Å². The molecule has 0 aliphatic carbocycles. The number of carbonyl (C=O) groups excluding carboxylic acids is 1. The van der Waals surface area contributed by atoms with E-state index in [0.29, 0.717) is 22.7 Å². The SMILES string of the molecule is Cc1ccc(NC(=O)Cn2nc3c(-c4nc(-c5ccccc5)no4)cccn3c2=O)cc1. The second-order valence-corrected chi connectivity index (χ2v) is 7.26. The van der Waals surface area contributed by atoms with Gasteiger partial charge in [-0.15, -0.1) is 5.10 Å². The molecule has 9 heteroatoms. The third-order valence-corrected chi connectivity index (χ3v) is 4.93. The van der Waals surface area contributed by atoms with Crippen LogP contribution in [0.3, 0.4) is 0 Å². The first-order valence-corrected chi connectivity index (χ1v) is 9.93. The molecular formula is C23H18N6O3. The highest BCUT2D eigenvalue weighted by molar-refractivity contribution is 5.90. The minimum atomic E-state index is -0.441. The Morgan fingerprint density at radius 3 is 2.59 bits per heavy atom. The maximum atomic E-state index is 12.8. The van der Waals surface area contributed by atoms with Crippen molar-refractivity contribution >= 4 is 17.2 Å². The van der Waals surface area contributed by atoms with Gasteiger partial charge in [0.05, 0.1) is 5.56 Å². The summed E-state index contributed by atoms with van der Waals surface area (Å²) >= 11 is 0. The van der Waals surface area contributed by atoms with E-state index in [0.717, 1.165) is 15.8 Å². The summed E-state index contributed by atoms with van der Waals surface area (Å²) in [6.45, 7) is 1.73. The third-order valence-electron chi connectivity index (χ3n) is 4.93. The Labute approximate surface area is 181 Å². The van der Waals surface area contributed by atoms with E-state index in [2.05, 4.69) is 20.6 Å². The number of amides is 1. The molecule has 1 amide bonds. The normalized spacial score (nSPS) is 11.0. The van der Waals surface area contributed by atoms with Crippen molar-refractivity contribution in [3.8, 4) is 22.8 Å². The molecule has 0 saturated heterocycles. The zero-order chi connectivity index (χ0) is 22.1. The van der Waals surface area contributed by atoms with Gasteiger partial charge in [-0.05, 0) is 31.2 Å². The summed E-state index contributed by atoms with van der Waals surface area (Å²) in [5, 5.41) is 11.1. The molecule has 158 valence electrons. The predicted octanol–water partition coefficient (Wildman–Crippen LogP) is 3.16. The van der Waals surface area contributed by atoms with Gasteiger partial charge in [-0.1, -0.05) is 53.2 Å². The highest BCUT2D eigenvalue weighted by Crippen LogP contribution is 2.24. The second kappa shape index (κ2) is 7.95. The van der Waals surface area contributed by atoms with Crippen LogP contribution in [0, 0.1) is 6.92 Å². The van der Waals surface area contributed by atoms with Gasteiger partial charge in [-0.25, -0.2) is 13.9 Å². The van der Waals surface area contributed by atoms with Crippen molar-refractivity contribution in [2.75, 3.05) is 5.32 Å². The number of benzene rings is 2. The Morgan fingerprint density at radius 2 is 1.81 bits per heavy atom. The van der Waals surface area contributed by atoms with Gasteiger partial charge in [-0.3, -0.25) is 4.79 Å². The average molecular weight is 426 g/mol. The van der Waals surface area contributed by atoms with E-state index in [9.17, 15) is 9.59 Å². The molecule has 0 unspecified atom stereocenters. The lowest BCUT2D eigenvalue weighted by molar-refractivity contribution is -0.117. The first-order valence-electron chi connectivity index (χ1n) is 9.93. The number of hydrogen-bond acceptors (Lipinski definition) is 6. The van der Waals surface area contributed by atoms with Crippen LogP contribution in [0.1, 0.15) is 5.56 Å². The largest absolute Gasteiger partial charge is 0.350 e. The Kier molecular flexibility index (Phi) is 4.83. The van der Waals surface area contributed by atoms with Gasteiger partial charge in [0.15, 0.2) is 5.65 Å². The molecule has 5 rings (SSSR count). The maximum Gasteiger partial charge on any atom is 0.350 e. The highest BCUT2D eigenvalue weighted by Gasteiger charge is 2.18. The van der Waals surface area contributed by atoms with E-state index in [1.54, 1.807) is 30.5 Å². The van der Waals surface area contributed by atoms with Crippen LogP contribution in [0.4, 0.5) is 5.69 Å². The zero-order valence-corrected chi connectivity index (χ0v) is 17.1. The molecule has 9 nitrogen and oxygen atoms in total. The molecule has 0 saturated carbocycles. The van der Waals surface area contributed by atoms with Crippen LogP contribution < -0.4 is 11.0 Å². The Balaban J connectivity index is 1.45. The van der Waals surface area contributed by atoms with E-state index in [4.69, 9.17) is 4.52 Å². The highest BCUT2D eigenvalue weighted by atomic mass is 16.5. The molecule has 0 bridgehead atoms. The van der Waals surface area contributed by atoms with Crippen molar-refractivity contribution in [3.63, 3.8) is 0 Å². The minimum Gasteiger partial charge on any atom is -0.333 e. The number of rotatable bonds is 5. The summed E-state index contributed by atoms with van der Waals surface area (Å²) in [5.74, 6) is 0.308. The van der Waals surface area contributed by atoms with Crippen LogP contribution in [-0.4, -0.2) is 30.2 Å². The molecule has 0 spiro atoms. The van der Waals surface area contributed by atoms with Crippen LogP contribution in [-0.2, 0) is 11.3 Å². The van der Waals surface area contributed by atoms with Gasteiger partial charge in [0.25, 0.3) is 5.89 Å². The van der Waals surface area contributed by atoms with Crippen molar-refractivity contribution in [3.05, 3.63) is 89.0 Å². The van der Waals surface area contributed by atoms with Crippen LogP contribution in [0.5, 0.6) is 0 Å². The van der Waals surface area contributed by atoms with Crippen molar-refractivity contribution in [2.24, 2.45) is 0 Å². The second-order valence-electron chi connectivity index (χ2n) is 7.26. The monoisotopic (exact) mass is 426 g/mol. The molecule has 0 atom stereocenters. The van der Waals surface area contributed by atoms with Crippen LogP contribution in [0.2, 0.25) is 0 Å². The number of anilines is 1. The molecule has 0 fully saturated rings. The first-order chi connectivity index (χ1) is 15.6. The molecule has 2 aromatic carbocycles. The smallest absolute Gasteiger partial charge is 0.333 e. The third kappa shape index (κ3) is 3.67. The fourth-order valence-electron chi connectivity index (χ4n) is 3.32. The van der Waals surface area contributed by atoms with Crippen LogP contribution in [0.15, 0.2) is 82.2 Å².